The van der Waals surface area contributed by atoms with Crippen LogP contribution in [0.15, 0.2) is 24.3 Å². The van der Waals surface area contributed by atoms with Gasteiger partial charge in [0.2, 0.25) is 5.91 Å². The van der Waals surface area contributed by atoms with E-state index in [-0.39, 0.29) is 18.1 Å². The first kappa shape index (κ1) is 14.2. The first-order valence-electron chi connectivity index (χ1n) is 6.71. The Morgan fingerprint density at radius 2 is 2.30 bits per heavy atom. The number of nitrogens with zero attached hydrogens (tertiary/aromatic N) is 1. The average Bonchev–Trinajstić information content (AvgIpc) is 3.01. The Kier molecular flexibility index (Phi) is 4.51. The number of benzene rings is 1. The second kappa shape index (κ2) is 6.35. The molecule has 0 aliphatic carbocycles. The predicted octanol–water partition coefficient (Wildman–Crippen LogP) is 1.90. The molecule has 108 valence electrons. The van der Waals surface area contributed by atoms with Gasteiger partial charge in [-0.2, -0.15) is 0 Å². The largest absolute Gasteiger partial charge is 0.370 e. The number of carbonyl (C=O) groups is 1. The molecule has 2 aliphatic rings. The summed E-state index contributed by atoms with van der Waals surface area (Å²) < 4.78 is 5.78. The van der Waals surface area contributed by atoms with E-state index in [2.05, 4.69) is 5.32 Å². The van der Waals surface area contributed by atoms with E-state index in [4.69, 9.17) is 16.3 Å². The van der Waals surface area contributed by atoms with Crippen molar-refractivity contribution in [3.8, 4) is 0 Å². The Morgan fingerprint density at radius 1 is 1.45 bits per heavy atom. The van der Waals surface area contributed by atoms with E-state index in [1.54, 1.807) is 11.8 Å². The van der Waals surface area contributed by atoms with Crippen LogP contribution in [0.5, 0.6) is 0 Å². The van der Waals surface area contributed by atoms with Gasteiger partial charge in [-0.05, 0) is 6.07 Å². The van der Waals surface area contributed by atoms with Gasteiger partial charge in [0.25, 0.3) is 0 Å². The van der Waals surface area contributed by atoms with Gasteiger partial charge in [0.1, 0.15) is 6.10 Å². The highest BCUT2D eigenvalue weighted by atomic mass is 35.5. The molecule has 1 aromatic carbocycles. The summed E-state index contributed by atoms with van der Waals surface area (Å²) in [5.41, 5.74) is 0.959. The molecule has 6 heteroatoms. The molecule has 1 amide bonds. The van der Waals surface area contributed by atoms with Crippen molar-refractivity contribution in [1.29, 1.82) is 0 Å². The first-order valence-corrected chi connectivity index (χ1v) is 8.25. The summed E-state index contributed by atoms with van der Waals surface area (Å²) in [6.45, 7) is 1.79. The summed E-state index contributed by atoms with van der Waals surface area (Å²) in [7, 11) is 0. The Bertz CT molecular complexity index is 494. The second-order valence-electron chi connectivity index (χ2n) is 4.94. The number of rotatable bonds is 2. The Morgan fingerprint density at radius 3 is 3.05 bits per heavy atom. The molecule has 4 nitrogen and oxygen atoms in total. The molecule has 0 radical (unpaired) electrons. The quantitative estimate of drug-likeness (QED) is 0.905. The van der Waals surface area contributed by atoms with E-state index in [1.165, 1.54) is 0 Å². The van der Waals surface area contributed by atoms with Crippen LogP contribution >= 0.6 is 23.4 Å². The lowest BCUT2D eigenvalue weighted by Crippen LogP contribution is -2.50. The predicted molar refractivity (Wildman–Crippen MR) is 81.0 cm³/mol. The molecule has 2 aliphatic heterocycles. The van der Waals surface area contributed by atoms with Crippen LogP contribution in [0.3, 0.4) is 0 Å². The molecule has 20 heavy (non-hydrogen) atoms. The number of ether oxygens (including phenoxy) is 1. The molecular weight excluding hydrogens is 296 g/mol. The van der Waals surface area contributed by atoms with E-state index in [9.17, 15) is 4.79 Å². The zero-order valence-electron chi connectivity index (χ0n) is 11.0. The molecule has 0 spiro atoms. The van der Waals surface area contributed by atoms with Crippen LogP contribution in [-0.2, 0) is 9.53 Å². The molecule has 1 aromatic rings. The van der Waals surface area contributed by atoms with Gasteiger partial charge in [-0.1, -0.05) is 29.8 Å². The van der Waals surface area contributed by atoms with Crippen LogP contribution < -0.4 is 5.32 Å². The topological polar surface area (TPSA) is 41.6 Å². The van der Waals surface area contributed by atoms with Crippen molar-refractivity contribution in [3.63, 3.8) is 0 Å². The van der Waals surface area contributed by atoms with Crippen molar-refractivity contribution in [2.45, 2.75) is 12.1 Å². The fourth-order valence-corrected chi connectivity index (χ4v) is 3.74. The van der Waals surface area contributed by atoms with E-state index in [1.807, 2.05) is 29.2 Å². The third-order valence-electron chi connectivity index (χ3n) is 3.64. The number of nitrogens with one attached hydrogen (secondary N) is 1. The smallest absolute Gasteiger partial charge is 0.240 e. The van der Waals surface area contributed by atoms with Gasteiger partial charge in [-0.3, -0.25) is 10.1 Å². The molecule has 0 aromatic heterocycles. The summed E-state index contributed by atoms with van der Waals surface area (Å²) in [6, 6.07) is 7.61. The summed E-state index contributed by atoms with van der Waals surface area (Å²) in [5.74, 6) is 1.89. The molecule has 0 unspecified atom stereocenters. The monoisotopic (exact) mass is 312 g/mol. The molecule has 0 saturated carbocycles. The molecule has 1 N–H and O–H groups in total. The van der Waals surface area contributed by atoms with Crippen molar-refractivity contribution < 1.29 is 9.53 Å². The van der Waals surface area contributed by atoms with Crippen LogP contribution in [0.25, 0.3) is 0 Å². The fraction of sp³-hybridized carbons (Fsp3) is 0.500. The lowest BCUT2D eigenvalue weighted by Gasteiger charge is -2.34. The molecule has 2 fully saturated rings. The highest BCUT2D eigenvalue weighted by Crippen LogP contribution is 2.28. The van der Waals surface area contributed by atoms with E-state index in [0.717, 1.165) is 17.2 Å². The zero-order chi connectivity index (χ0) is 13.9. The SMILES string of the molecule is O=C([C@H]1CSCN1)N1CCO[C@H](c2ccccc2Cl)C1. The third kappa shape index (κ3) is 2.96. The van der Waals surface area contributed by atoms with Crippen LogP contribution in [0.2, 0.25) is 5.02 Å². The zero-order valence-corrected chi connectivity index (χ0v) is 12.6. The van der Waals surface area contributed by atoms with E-state index < -0.39 is 0 Å². The van der Waals surface area contributed by atoms with Gasteiger partial charge in [-0.25, -0.2) is 0 Å². The van der Waals surface area contributed by atoms with Crippen LogP contribution in [0, 0.1) is 0 Å². The number of hydrogen-bond acceptors (Lipinski definition) is 4. The highest BCUT2D eigenvalue weighted by molar-refractivity contribution is 7.99. The summed E-state index contributed by atoms with van der Waals surface area (Å²) in [4.78, 5) is 14.3. The molecule has 2 saturated heterocycles. The molecule has 2 heterocycles. The Hall–Kier alpha value is -0.750. The first-order chi connectivity index (χ1) is 9.75. The third-order valence-corrected chi connectivity index (χ3v) is 4.93. The lowest BCUT2D eigenvalue weighted by molar-refractivity contribution is -0.140. The molecule has 2 atom stereocenters. The molecule has 0 bridgehead atoms. The van der Waals surface area contributed by atoms with Gasteiger partial charge in [0.15, 0.2) is 0 Å². The summed E-state index contributed by atoms with van der Waals surface area (Å²) >= 11 is 7.98. The van der Waals surface area contributed by atoms with Crippen molar-refractivity contribution in [1.82, 2.24) is 10.2 Å². The van der Waals surface area contributed by atoms with Gasteiger partial charge >= 0.3 is 0 Å². The lowest BCUT2D eigenvalue weighted by atomic mass is 10.1. The van der Waals surface area contributed by atoms with Crippen LogP contribution in [0.4, 0.5) is 0 Å². The second-order valence-corrected chi connectivity index (χ2v) is 6.37. The summed E-state index contributed by atoms with van der Waals surface area (Å²) in [5, 5.41) is 3.92. The fourth-order valence-electron chi connectivity index (χ4n) is 2.55. The Balaban J connectivity index is 1.70. The molecular formula is C14H17ClN2O2S. The minimum atomic E-state index is -0.129. The highest BCUT2D eigenvalue weighted by Gasteiger charge is 2.32. The minimum absolute atomic E-state index is 0.0509. The van der Waals surface area contributed by atoms with Crippen molar-refractivity contribution >= 4 is 29.3 Å². The Labute approximate surface area is 127 Å². The maximum Gasteiger partial charge on any atom is 0.240 e. The number of halogens is 1. The maximum atomic E-state index is 12.4. The number of amides is 1. The standard InChI is InChI=1S/C14H17ClN2O2S/c15-11-4-2-1-3-10(11)13-7-17(5-6-19-13)14(18)12-8-20-9-16-12/h1-4,12-13,16H,5-9H2/t12-,13+/m1/s1. The number of thioether (sulfide) groups is 1. The van der Waals surface area contributed by atoms with Crippen LogP contribution in [0.1, 0.15) is 11.7 Å². The normalized spacial score (nSPS) is 26.8. The van der Waals surface area contributed by atoms with Gasteiger partial charge in [-0.15, -0.1) is 11.8 Å². The van der Waals surface area contributed by atoms with Gasteiger partial charge in [0.05, 0.1) is 19.2 Å². The average molecular weight is 313 g/mol. The number of hydrogen-bond donors (Lipinski definition) is 1. The van der Waals surface area contributed by atoms with Crippen molar-refractivity contribution in [2.24, 2.45) is 0 Å². The van der Waals surface area contributed by atoms with Gasteiger partial charge < -0.3 is 9.64 Å². The van der Waals surface area contributed by atoms with Crippen molar-refractivity contribution in [2.75, 3.05) is 31.3 Å². The van der Waals surface area contributed by atoms with Crippen LogP contribution in [-0.4, -0.2) is 48.2 Å². The minimum Gasteiger partial charge on any atom is -0.370 e. The summed E-state index contributed by atoms with van der Waals surface area (Å²) in [6.07, 6.45) is -0.129. The maximum absolute atomic E-state index is 12.4. The van der Waals surface area contributed by atoms with E-state index >= 15 is 0 Å². The van der Waals surface area contributed by atoms with E-state index in [0.29, 0.717) is 24.7 Å². The number of carbonyl (C=O) groups excluding carboxylic acids is 1. The van der Waals surface area contributed by atoms with Crippen molar-refractivity contribution in [3.05, 3.63) is 34.9 Å². The van der Waals surface area contributed by atoms with Gasteiger partial charge in [0, 0.05) is 28.8 Å². The molecule has 3 rings (SSSR count). The number of morpholine rings is 1.